The second kappa shape index (κ2) is 13.2. The highest BCUT2D eigenvalue weighted by molar-refractivity contribution is 14.0. The lowest BCUT2D eigenvalue weighted by atomic mass is 9.97. The maximum Gasteiger partial charge on any atom is 0.191 e. The zero-order chi connectivity index (χ0) is 22.1. The first-order valence-electron chi connectivity index (χ1n) is 11.0. The summed E-state index contributed by atoms with van der Waals surface area (Å²) in [5, 5.41) is 6.78. The highest BCUT2D eigenvalue weighted by Gasteiger charge is 2.26. The quantitative estimate of drug-likeness (QED) is 0.219. The summed E-state index contributed by atoms with van der Waals surface area (Å²) in [4.78, 5) is 7.23. The van der Waals surface area contributed by atoms with Gasteiger partial charge in [-0.15, -0.1) is 24.0 Å². The van der Waals surface area contributed by atoms with E-state index in [1.54, 1.807) is 31.3 Å². The monoisotopic (exact) mass is 570 g/mol. The van der Waals surface area contributed by atoms with Gasteiger partial charge in [-0.3, -0.25) is 9.89 Å². The van der Waals surface area contributed by atoms with Gasteiger partial charge in [-0.2, -0.15) is 0 Å². The van der Waals surface area contributed by atoms with Crippen molar-refractivity contribution in [1.29, 1.82) is 0 Å². The van der Waals surface area contributed by atoms with Crippen molar-refractivity contribution >= 4 is 39.8 Å². The molecule has 0 spiro atoms. The molecule has 2 N–H and O–H groups in total. The Hall–Kier alpha value is -1.65. The van der Waals surface area contributed by atoms with Gasteiger partial charge in [-0.05, 0) is 43.9 Å². The van der Waals surface area contributed by atoms with Gasteiger partial charge >= 0.3 is 0 Å². The Morgan fingerprint density at radius 1 is 1.09 bits per heavy atom. The van der Waals surface area contributed by atoms with Crippen LogP contribution < -0.4 is 10.6 Å². The van der Waals surface area contributed by atoms with E-state index in [1.807, 2.05) is 6.07 Å². The van der Waals surface area contributed by atoms with Crippen LogP contribution in [0.15, 0.2) is 70.6 Å². The zero-order valence-corrected chi connectivity index (χ0v) is 22.1. The number of benzene rings is 2. The first-order valence-corrected chi connectivity index (χ1v) is 12.7. The molecule has 0 aromatic heterocycles. The lowest BCUT2D eigenvalue weighted by Gasteiger charge is -2.38. The van der Waals surface area contributed by atoms with E-state index >= 15 is 0 Å². The van der Waals surface area contributed by atoms with E-state index in [0.717, 1.165) is 31.9 Å². The van der Waals surface area contributed by atoms with Gasteiger partial charge in [-0.1, -0.05) is 48.5 Å². The molecule has 1 heterocycles. The number of guanidine groups is 1. The Bertz CT molecular complexity index is 939. The first kappa shape index (κ1) is 26.6. The topological polar surface area (TPSA) is 73.8 Å². The molecule has 0 saturated carbocycles. The first-order chi connectivity index (χ1) is 15.0. The third-order valence-corrected chi connectivity index (χ3v) is 7.61. The smallest absolute Gasteiger partial charge is 0.191 e. The molecule has 0 aliphatic carbocycles. The van der Waals surface area contributed by atoms with E-state index in [4.69, 9.17) is 0 Å². The average molecular weight is 571 g/mol. The SMILES string of the molecule is CN=C(NCCCS(=O)(=O)c1ccccc1)NC1CCN(Cc2ccccc2)C(C)C1.I. The molecular formula is C24H35IN4O2S. The van der Waals surface area contributed by atoms with Crippen LogP contribution in [0.25, 0.3) is 0 Å². The summed E-state index contributed by atoms with van der Waals surface area (Å²) in [6.45, 7) is 4.87. The molecule has 1 saturated heterocycles. The molecule has 1 aliphatic rings. The maximum atomic E-state index is 12.4. The van der Waals surface area contributed by atoms with Crippen LogP contribution in [0.4, 0.5) is 0 Å². The molecule has 2 aromatic rings. The third kappa shape index (κ3) is 8.04. The number of piperidine rings is 1. The molecule has 2 aromatic carbocycles. The van der Waals surface area contributed by atoms with Gasteiger partial charge in [0.05, 0.1) is 10.6 Å². The van der Waals surface area contributed by atoms with Crippen molar-refractivity contribution in [2.75, 3.05) is 25.9 Å². The molecular weight excluding hydrogens is 535 g/mol. The van der Waals surface area contributed by atoms with Crippen LogP contribution in [0.5, 0.6) is 0 Å². The molecule has 2 unspecified atom stereocenters. The van der Waals surface area contributed by atoms with Crippen molar-refractivity contribution in [2.45, 2.75) is 49.7 Å². The van der Waals surface area contributed by atoms with Crippen LogP contribution >= 0.6 is 24.0 Å². The fourth-order valence-corrected chi connectivity index (χ4v) is 5.34. The molecule has 0 radical (unpaired) electrons. The standard InChI is InChI=1S/C24H34N4O2S.HI/c1-20-18-22(14-16-28(20)19-21-10-5-3-6-11-21)27-24(25-2)26-15-9-17-31(29,30)23-12-7-4-8-13-23;/h3-8,10-13,20,22H,9,14-19H2,1-2H3,(H2,25,26,27);1H. The maximum absolute atomic E-state index is 12.4. The van der Waals surface area contributed by atoms with Crippen molar-refractivity contribution in [3.05, 3.63) is 66.2 Å². The predicted molar refractivity (Wildman–Crippen MR) is 142 cm³/mol. The Morgan fingerprint density at radius 3 is 2.38 bits per heavy atom. The minimum atomic E-state index is -3.24. The summed E-state index contributed by atoms with van der Waals surface area (Å²) in [5.41, 5.74) is 1.35. The Morgan fingerprint density at radius 2 is 1.75 bits per heavy atom. The number of hydrogen-bond donors (Lipinski definition) is 2. The highest BCUT2D eigenvalue weighted by atomic mass is 127. The number of rotatable bonds is 8. The Labute approximate surface area is 209 Å². The van der Waals surface area contributed by atoms with Gasteiger partial charge in [0.25, 0.3) is 0 Å². The number of hydrogen-bond acceptors (Lipinski definition) is 4. The Balaban J connectivity index is 0.00000363. The lowest BCUT2D eigenvalue weighted by Crippen LogP contribution is -2.51. The molecule has 1 aliphatic heterocycles. The van der Waals surface area contributed by atoms with Crippen molar-refractivity contribution in [1.82, 2.24) is 15.5 Å². The summed E-state index contributed by atoms with van der Waals surface area (Å²) < 4.78 is 24.8. The molecule has 1 fully saturated rings. The number of likely N-dealkylation sites (tertiary alicyclic amines) is 1. The van der Waals surface area contributed by atoms with Gasteiger partial charge in [0.1, 0.15) is 0 Å². The van der Waals surface area contributed by atoms with E-state index < -0.39 is 9.84 Å². The molecule has 0 bridgehead atoms. The number of halogens is 1. The largest absolute Gasteiger partial charge is 0.356 e. The van der Waals surface area contributed by atoms with E-state index in [-0.39, 0.29) is 29.7 Å². The number of aliphatic imine (C=N–C) groups is 1. The molecule has 3 rings (SSSR count). The van der Waals surface area contributed by atoms with Crippen LogP contribution in [0, 0.1) is 0 Å². The van der Waals surface area contributed by atoms with Crippen molar-refractivity contribution in [2.24, 2.45) is 4.99 Å². The highest BCUT2D eigenvalue weighted by Crippen LogP contribution is 2.20. The van der Waals surface area contributed by atoms with E-state index in [1.165, 1.54) is 5.56 Å². The third-order valence-electron chi connectivity index (χ3n) is 5.79. The molecule has 2 atom stereocenters. The second-order valence-corrected chi connectivity index (χ2v) is 10.3. The van der Waals surface area contributed by atoms with Crippen LogP contribution in [-0.2, 0) is 16.4 Å². The Kier molecular flexibility index (Phi) is 10.9. The van der Waals surface area contributed by atoms with Gasteiger partial charge in [0.15, 0.2) is 15.8 Å². The zero-order valence-electron chi connectivity index (χ0n) is 18.9. The molecule has 6 nitrogen and oxygen atoms in total. The summed E-state index contributed by atoms with van der Waals surface area (Å²) in [6.07, 6.45) is 2.64. The normalized spacial score (nSPS) is 19.8. The average Bonchev–Trinajstić information content (AvgIpc) is 2.79. The fraction of sp³-hybridized carbons (Fsp3) is 0.458. The van der Waals surface area contributed by atoms with E-state index in [0.29, 0.717) is 29.9 Å². The summed E-state index contributed by atoms with van der Waals surface area (Å²) in [6, 6.07) is 20.1. The van der Waals surface area contributed by atoms with Gasteiger partial charge < -0.3 is 10.6 Å². The minimum absolute atomic E-state index is 0. The van der Waals surface area contributed by atoms with Gasteiger partial charge in [-0.25, -0.2) is 8.42 Å². The van der Waals surface area contributed by atoms with Gasteiger partial charge in [0, 0.05) is 38.8 Å². The summed E-state index contributed by atoms with van der Waals surface area (Å²) >= 11 is 0. The molecule has 32 heavy (non-hydrogen) atoms. The molecule has 0 amide bonds. The number of nitrogens with zero attached hydrogens (tertiary/aromatic N) is 2. The summed E-state index contributed by atoms with van der Waals surface area (Å²) in [5.74, 6) is 0.862. The van der Waals surface area contributed by atoms with E-state index in [2.05, 4.69) is 57.8 Å². The lowest BCUT2D eigenvalue weighted by molar-refractivity contribution is 0.134. The van der Waals surface area contributed by atoms with Crippen LogP contribution in [0.1, 0.15) is 31.7 Å². The van der Waals surface area contributed by atoms with Crippen LogP contribution in [-0.4, -0.2) is 57.3 Å². The van der Waals surface area contributed by atoms with Crippen LogP contribution in [0.2, 0.25) is 0 Å². The van der Waals surface area contributed by atoms with Gasteiger partial charge in [0.2, 0.25) is 0 Å². The van der Waals surface area contributed by atoms with Crippen molar-refractivity contribution < 1.29 is 8.42 Å². The predicted octanol–water partition coefficient (Wildman–Crippen LogP) is 3.69. The van der Waals surface area contributed by atoms with Crippen LogP contribution in [0.3, 0.4) is 0 Å². The molecule has 8 heteroatoms. The number of sulfone groups is 1. The minimum Gasteiger partial charge on any atom is -0.356 e. The second-order valence-electron chi connectivity index (χ2n) is 8.16. The van der Waals surface area contributed by atoms with Crippen molar-refractivity contribution in [3.63, 3.8) is 0 Å². The summed E-state index contributed by atoms with van der Waals surface area (Å²) in [7, 11) is -1.48. The molecule has 176 valence electrons. The number of nitrogens with one attached hydrogen (secondary N) is 2. The van der Waals surface area contributed by atoms with Crippen molar-refractivity contribution in [3.8, 4) is 0 Å². The fourth-order valence-electron chi connectivity index (χ4n) is 4.01. The van der Waals surface area contributed by atoms with E-state index in [9.17, 15) is 8.42 Å².